The molecule has 0 aliphatic carbocycles. The van der Waals surface area contributed by atoms with E-state index in [0.717, 1.165) is 23.3 Å². The first-order chi connectivity index (χ1) is 13.2. The molecule has 142 valence electrons. The van der Waals surface area contributed by atoms with Crippen LogP contribution in [-0.2, 0) is 16.1 Å². The molecule has 2 amide bonds. The van der Waals surface area contributed by atoms with Gasteiger partial charge in [-0.25, -0.2) is 0 Å². The minimum atomic E-state index is -0.627. The molecule has 1 atom stereocenters. The quantitative estimate of drug-likeness (QED) is 0.727. The highest BCUT2D eigenvalue weighted by atomic mass is 16.5. The van der Waals surface area contributed by atoms with E-state index in [4.69, 9.17) is 9.47 Å². The number of hydrogen-bond donors (Lipinski definition) is 1. The lowest BCUT2D eigenvalue weighted by atomic mass is 10.0. The predicted octanol–water partition coefficient (Wildman–Crippen LogP) is 2.55. The second-order valence-corrected chi connectivity index (χ2v) is 6.41. The summed E-state index contributed by atoms with van der Waals surface area (Å²) in [5.41, 5.74) is 2.28. The number of nitrogens with zero attached hydrogens (tertiary/aromatic N) is 1. The third-order valence-electron chi connectivity index (χ3n) is 4.64. The average molecular weight is 368 g/mol. The maximum absolute atomic E-state index is 12.9. The average Bonchev–Trinajstić information content (AvgIpc) is 2.98. The van der Waals surface area contributed by atoms with Gasteiger partial charge in [0.1, 0.15) is 11.8 Å². The van der Waals surface area contributed by atoms with Crippen LogP contribution in [-0.4, -0.2) is 44.1 Å². The van der Waals surface area contributed by atoms with Crippen LogP contribution in [0.1, 0.15) is 33.9 Å². The lowest BCUT2D eigenvalue weighted by molar-refractivity contribution is -0.125. The molecule has 0 unspecified atom stereocenters. The molecular weight excluding hydrogens is 344 g/mol. The number of hydrogen-bond acceptors (Lipinski definition) is 4. The summed E-state index contributed by atoms with van der Waals surface area (Å²) in [7, 11) is 3.24. The van der Waals surface area contributed by atoms with Crippen molar-refractivity contribution in [1.29, 1.82) is 0 Å². The van der Waals surface area contributed by atoms with E-state index in [9.17, 15) is 9.59 Å². The minimum absolute atomic E-state index is 0.126. The molecule has 6 heteroatoms. The van der Waals surface area contributed by atoms with Crippen molar-refractivity contribution in [1.82, 2.24) is 10.2 Å². The Hall–Kier alpha value is -2.86. The zero-order chi connectivity index (χ0) is 19.2. The van der Waals surface area contributed by atoms with Crippen molar-refractivity contribution in [2.45, 2.75) is 19.0 Å². The summed E-state index contributed by atoms with van der Waals surface area (Å²) in [5.74, 6) is 0.457. The number of nitrogens with one attached hydrogen (secondary N) is 1. The van der Waals surface area contributed by atoms with Gasteiger partial charge in [0.05, 0.1) is 7.11 Å². The van der Waals surface area contributed by atoms with E-state index in [1.165, 1.54) is 0 Å². The largest absolute Gasteiger partial charge is 0.497 e. The SMILES string of the molecule is COCCCNC(=O)[C@@H]1c2ccccc2C(=O)N1Cc1ccc(OC)cc1. The molecule has 6 nitrogen and oxygen atoms in total. The third kappa shape index (κ3) is 4.11. The van der Waals surface area contributed by atoms with Gasteiger partial charge in [-0.2, -0.15) is 0 Å². The van der Waals surface area contributed by atoms with E-state index < -0.39 is 6.04 Å². The zero-order valence-electron chi connectivity index (χ0n) is 15.6. The summed E-state index contributed by atoms with van der Waals surface area (Å²) >= 11 is 0. The van der Waals surface area contributed by atoms with E-state index in [-0.39, 0.29) is 11.8 Å². The van der Waals surface area contributed by atoms with Crippen LogP contribution in [0, 0.1) is 0 Å². The number of ether oxygens (including phenoxy) is 2. The number of carbonyl (C=O) groups excluding carboxylic acids is 2. The Morgan fingerprint density at radius 1 is 1.11 bits per heavy atom. The van der Waals surface area contributed by atoms with Gasteiger partial charge >= 0.3 is 0 Å². The molecule has 27 heavy (non-hydrogen) atoms. The Bertz CT molecular complexity index is 804. The molecule has 0 aromatic heterocycles. The van der Waals surface area contributed by atoms with Crippen LogP contribution in [0.15, 0.2) is 48.5 Å². The predicted molar refractivity (Wildman–Crippen MR) is 102 cm³/mol. The van der Waals surface area contributed by atoms with Gasteiger partial charge in [0.2, 0.25) is 5.91 Å². The van der Waals surface area contributed by atoms with Gasteiger partial charge in [0.15, 0.2) is 0 Å². The fourth-order valence-electron chi connectivity index (χ4n) is 3.27. The summed E-state index contributed by atoms with van der Waals surface area (Å²) in [4.78, 5) is 27.4. The highest BCUT2D eigenvalue weighted by Crippen LogP contribution is 2.35. The van der Waals surface area contributed by atoms with Crippen molar-refractivity contribution in [3.8, 4) is 5.75 Å². The Morgan fingerprint density at radius 2 is 1.85 bits per heavy atom. The number of carbonyl (C=O) groups is 2. The molecule has 0 radical (unpaired) electrons. The molecule has 0 saturated heterocycles. The summed E-state index contributed by atoms with van der Waals surface area (Å²) in [6, 6.07) is 14.2. The Labute approximate surface area is 159 Å². The highest BCUT2D eigenvalue weighted by Gasteiger charge is 2.40. The molecule has 0 bridgehead atoms. The molecule has 3 rings (SSSR count). The van der Waals surface area contributed by atoms with Crippen LogP contribution in [0.3, 0.4) is 0 Å². The van der Waals surface area contributed by atoms with Crippen LogP contribution >= 0.6 is 0 Å². The second kappa shape index (κ2) is 8.68. The van der Waals surface area contributed by atoms with Crippen LogP contribution in [0.5, 0.6) is 5.75 Å². The number of benzene rings is 2. The minimum Gasteiger partial charge on any atom is -0.497 e. The molecule has 0 fully saturated rings. The Kier molecular flexibility index (Phi) is 6.08. The van der Waals surface area contributed by atoms with Gasteiger partial charge < -0.3 is 19.7 Å². The zero-order valence-corrected chi connectivity index (χ0v) is 15.6. The topological polar surface area (TPSA) is 67.9 Å². The summed E-state index contributed by atoms with van der Waals surface area (Å²) < 4.78 is 10.2. The van der Waals surface area contributed by atoms with Crippen molar-refractivity contribution in [3.63, 3.8) is 0 Å². The summed E-state index contributed by atoms with van der Waals surface area (Å²) in [5, 5.41) is 2.92. The highest BCUT2D eigenvalue weighted by molar-refractivity contribution is 6.04. The van der Waals surface area contributed by atoms with E-state index in [2.05, 4.69) is 5.32 Å². The van der Waals surface area contributed by atoms with Crippen molar-refractivity contribution in [2.75, 3.05) is 27.4 Å². The smallest absolute Gasteiger partial charge is 0.255 e. The number of rotatable bonds is 8. The molecule has 2 aromatic rings. The van der Waals surface area contributed by atoms with Crippen molar-refractivity contribution in [2.24, 2.45) is 0 Å². The van der Waals surface area contributed by atoms with Crippen LogP contribution in [0.4, 0.5) is 0 Å². The van der Waals surface area contributed by atoms with Gasteiger partial charge in [-0.05, 0) is 35.7 Å². The van der Waals surface area contributed by atoms with Crippen molar-refractivity contribution < 1.29 is 19.1 Å². The fraction of sp³-hybridized carbons (Fsp3) is 0.333. The maximum atomic E-state index is 12.9. The van der Waals surface area contributed by atoms with E-state index in [0.29, 0.717) is 25.3 Å². The molecular formula is C21H24N2O4. The van der Waals surface area contributed by atoms with Crippen LogP contribution in [0.2, 0.25) is 0 Å². The van der Waals surface area contributed by atoms with Gasteiger partial charge in [0.25, 0.3) is 5.91 Å². The fourth-order valence-corrected chi connectivity index (χ4v) is 3.27. The molecule has 0 saturated carbocycles. The van der Waals surface area contributed by atoms with Gasteiger partial charge in [0, 0.05) is 32.4 Å². The lowest BCUT2D eigenvalue weighted by Crippen LogP contribution is -2.39. The van der Waals surface area contributed by atoms with Gasteiger partial charge in [-0.15, -0.1) is 0 Å². The maximum Gasteiger partial charge on any atom is 0.255 e. The molecule has 1 aliphatic heterocycles. The molecule has 1 aliphatic rings. The molecule has 1 heterocycles. The second-order valence-electron chi connectivity index (χ2n) is 6.41. The van der Waals surface area contributed by atoms with E-state index >= 15 is 0 Å². The number of methoxy groups -OCH3 is 2. The Morgan fingerprint density at radius 3 is 2.56 bits per heavy atom. The normalized spacial score (nSPS) is 15.6. The van der Waals surface area contributed by atoms with Crippen molar-refractivity contribution >= 4 is 11.8 Å². The summed E-state index contributed by atoms with van der Waals surface area (Å²) in [6.45, 7) is 1.44. The van der Waals surface area contributed by atoms with Crippen molar-refractivity contribution in [3.05, 3.63) is 65.2 Å². The van der Waals surface area contributed by atoms with E-state index in [1.807, 2.05) is 42.5 Å². The third-order valence-corrected chi connectivity index (χ3v) is 4.64. The molecule has 0 spiro atoms. The lowest BCUT2D eigenvalue weighted by Gasteiger charge is -2.25. The first-order valence-corrected chi connectivity index (χ1v) is 8.95. The number of amides is 2. The van der Waals surface area contributed by atoms with Crippen LogP contribution in [0.25, 0.3) is 0 Å². The standard InChI is InChI=1S/C21H24N2O4/c1-26-13-5-12-22-20(24)19-17-6-3-4-7-18(17)21(25)23(19)14-15-8-10-16(27-2)11-9-15/h3-4,6-11,19H,5,12-14H2,1-2H3,(H,22,24)/t19-/m0/s1. The molecule has 2 aromatic carbocycles. The van der Waals surface area contributed by atoms with Crippen LogP contribution < -0.4 is 10.1 Å². The first-order valence-electron chi connectivity index (χ1n) is 8.95. The molecule has 1 N–H and O–H groups in total. The summed E-state index contributed by atoms with van der Waals surface area (Å²) in [6.07, 6.45) is 0.725. The first kappa shape index (κ1) is 18.9. The van der Waals surface area contributed by atoms with E-state index in [1.54, 1.807) is 25.2 Å². The number of fused-ring (bicyclic) bond motifs is 1. The Balaban J connectivity index is 1.81. The monoisotopic (exact) mass is 368 g/mol. The van der Waals surface area contributed by atoms with Gasteiger partial charge in [-0.3, -0.25) is 9.59 Å². The van der Waals surface area contributed by atoms with Gasteiger partial charge in [-0.1, -0.05) is 30.3 Å².